The van der Waals surface area contributed by atoms with Gasteiger partial charge in [0.05, 0.1) is 10.7 Å². The highest BCUT2D eigenvalue weighted by Gasteiger charge is 2.41. The van der Waals surface area contributed by atoms with Crippen LogP contribution in [0, 0.1) is 25.6 Å². The molecule has 2 amide bonds. The molecule has 1 fully saturated rings. The first-order valence-corrected chi connectivity index (χ1v) is 13.2. The van der Waals surface area contributed by atoms with Crippen molar-refractivity contribution in [2.24, 2.45) is 5.92 Å². The molecule has 3 atom stereocenters. The maximum atomic E-state index is 13.6. The Balaban J connectivity index is 1.28. The van der Waals surface area contributed by atoms with Crippen molar-refractivity contribution >= 4 is 35.0 Å². The first-order chi connectivity index (χ1) is 18.4. The zero-order chi connectivity index (χ0) is 28.3. The number of amides is 2. The number of carbonyl (C=O) groups excluding carboxylic acids is 2. The molecule has 1 aromatic heterocycles. The lowest BCUT2D eigenvalue weighted by Gasteiger charge is -2.26. The zero-order valence-corrected chi connectivity index (χ0v) is 23.6. The number of aryl methyl sites for hydroxylation is 2. The summed E-state index contributed by atoms with van der Waals surface area (Å²) < 4.78 is 30.0. The van der Waals surface area contributed by atoms with Gasteiger partial charge in [0.2, 0.25) is 0 Å². The minimum atomic E-state index is -0.620. The molecule has 0 bridgehead atoms. The van der Waals surface area contributed by atoms with Gasteiger partial charge in [-0.15, -0.1) is 0 Å². The third kappa shape index (κ3) is 7.02. The molecule has 39 heavy (non-hydrogen) atoms. The number of nitrogens with zero attached hydrogens (tertiary/aromatic N) is 1. The largest absolute Gasteiger partial charge is 0.484 e. The fourth-order valence-corrected chi connectivity index (χ4v) is 5.39. The minimum absolute atomic E-state index is 0.0207. The Morgan fingerprint density at radius 2 is 1.69 bits per heavy atom. The molecule has 1 aliphatic carbocycles. The number of halogens is 3. The van der Waals surface area contributed by atoms with Crippen LogP contribution in [0.2, 0.25) is 10.0 Å². The third-order valence-electron chi connectivity index (χ3n) is 6.79. The quantitative estimate of drug-likeness (QED) is 0.340. The first kappa shape index (κ1) is 28.7. The summed E-state index contributed by atoms with van der Waals surface area (Å²) in [6.07, 6.45) is 1.20. The van der Waals surface area contributed by atoms with Gasteiger partial charge in [0.15, 0.2) is 13.2 Å². The van der Waals surface area contributed by atoms with Gasteiger partial charge in [-0.05, 0) is 69.9 Å². The van der Waals surface area contributed by atoms with E-state index in [1.54, 1.807) is 25.1 Å². The van der Waals surface area contributed by atoms with Gasteiger partial charge in [0, 0.05) is 33.8 Å². The van der Waals surface area contributed by atoms with E-state index in [9.17, 15) is 14.0 Å². The molecule has 0 spiro atoms. The van der Waals surface area contributed by atoms with Crippen molar-refractivity contribution in [3.63, 3.8) is 0 Å². The van der Waals surface area contributed by atoms with Crippen molar-refractivity contribution in [1.82, 2.24) is 15.8 Å². The molecule has 3 unspecified atom stereocenters. The maximum Gasteiger partial charge on any atom is 0.258 e. The van der Waals surface area contributed by atoms with Gasteiger partial charge in [-0.3, -0.25) is 9.59 Å². The number of hydrogen-bond donors (Lipinski definition) is 2. The Bertz CT molecular complexity index is 1360. The number of hydrogen-bond acceptors (Lipinski definition) is 6. The second kappa shape index (κ2) is 11.8. The maximum absolute atomic E-state index is 13.6. The molecule has 0 saturated heterocycles. The summed E-state index contributed by atoms with van der Waals surface area (Å²) in [6, 6.07) is 9.00. The SMILES string of the molecule is Cc1noc(C)c1-c1cc(OCC(=O)NC2CC(C)(NC(=O)COc3ccc(Cl)c(F)c3)CC2C)ccc1Cl. The van der Waals surface area contributed by atoms with E-state index in [4.69, 9.17) is 37.2 Å². The van der Waals surface area contributed by atoms with E-state index in [0.29, 0.717) is 40.6 Å². The van der Waals surface area contributed by atoms with Crippen LogP contribution in [-0.2, 0) is 9.59 Å². The van der Waals surface area contributed by atoms with Crippen LogP contribution < -0.4 is 20.1 Å². The van der Waals surface area contributed by atoms with E-state index in [-0.39, 0.29) is 47.8 Å². The predicted octanol–water partition coefficient (Wildman–Crippen LogP) is 5.65. The molecule has 1 aliphatic rings. The molecular weight excluding hydrogens is 548 g/mol. The highest BCUT2D eigenvalue weighted by Crippen LogP contribution is 2.36. The number of aromatic nitrogens is 1. The van der Waals surface area contributed by atoms with Crippen molar-refractivity contribution in [3.05, 3.63) is 63.7 Å². The van der Waals surface area contributed by atoms with Gasteiger partial charge in [-0.2, -0.15) is 0 Å². The van der Waals surface area contributed by atoms with Crippen LogP contribution in [0.4, 0.5) is 4.39 Å². The Labute approximate surface area is 236 Å². The number of nitrogens with one attached hydrogen (secondary N) is 2. The summed E-state index contributed by atoms with van der Waals surface area (Å²) in [5.41, 5.74) is 1.68. The molecule has 2 N–H and O–H groups in total. The standard InChI is InChI=1S/C28H30Cl2FN3O5/c1-15-11-28(4,33-26(36)14-38-19-6-8-22(30)23(31)10-19)12-24(15)32-25(35)13-37-18-5-7-21(29)20(9-18)27-16(2)34-39-17(27)3/h5-10,15,24H,11-14H2,1-4H3,(H,32,35)(H,33,36). The monoisotopic (exact) mass is 577 g/mol. The molecule has 2 aromatic carbocycles. The summed E-state index contributed by atoms with van der Waals surface area (Å²) in [4.78, 5) is 25.2. The number of ether oxygens (including phenoxy) is 2. The summed E-state index contributed by atoms with van der Waals surface area (Å²) in [7, 11) is 0. The zero-order valence-electron chi connectivity index (χ0n) is 22.1. The summed E-state index contributed by atoms with van der Waals surface area (Å²) in [6.45, 7) is 7.13. The predicted molar refractivity (Wildman–Crippen MR) is 146 cm³/mol. The van der Waals surface area contributed by atoms with Crippen molar-refractivity contribution in [1.29, 1.82) is 0 Å². The van der Waals surface area contributed by atoms with Crippen molar-refractivity contribution in [2.45, 2.75) is 52.1 Å². The summed E-state index contributed by atoms with van der Waals surface area (Å²) in [5.74, 6) is 0.220. The summed E-state index contributed by atoms with van der Waals surface area (Å²) in [5, 5.41) is 10.5. The van der Waals surface area contributed by atoms with Crippen molar-refractivity contribution in [2.75, 3.05) is 13.2 Å². The van der Waals surface area contributed by atoms with Crippen LogP contribution in [-0.4, -0.2) is 41.8 Å². The first-order valence-electron chi connectivity index (χ1n) is 12.5. The van der Waals surface area contributed by atoms with Gasteiger partial charge in [0.25, 0.3) is 11.8 Å². The van der Waals surface area contributed by atoms with Gasteiger partial charge >= 0.3 is 0 Å². The van der Waals surface area contributed by atoms with Crippen LogP contribution >= 0.6 is 23.2 Å². The molecule has 8 nitrogen and oxygen atoms in total. The number of benzene rings is 2. The number of carbonyl (C=O) groups is 2. The topological polar surface area (TPSA) is 103 Å². The van der Waals surface area contributed by atoms with Crippen LogP contribution in [0.5, 0.6) is 11.5 Å². The van der Waals surface area contributed by atoms with E-state index in [0.717, 1.165) is 11.6 Å². The van der Waals surface area contributed by atoms with Crippen LogP contribution in [0.25, 0.3) is 11.1 Å². The lowest BCUT2D eigenvalue weighted by atomic mass is 9.99. The van der Waals surface area contributed by atoms with E-state index in [2.05, 4.69) is 15.8 Å². The van der Waals surface area contributed by atoms with Crippen LogP contribution in [0.1, 0.15) is 38.1 Å². The molecule has 3 aromatic rings. The van der Waals surface area contributed by atoms with E-state index >= 15 is 0 Å². The highest BCUT2D eigenvalue weighted by atomic mass is 35.5. The second-order valence-electron chi connectivity index (χ2n) is 10.2. The normalized spacial score (nSPS) is 20.5. The fraction of sp³-hybridized carbons (Fsp3) is 0.393. The summed E-state index contributed by atoms with van der Waals surface area (Å²) >= 11 is 12.1. The molecule has 208 valence electrons. The third-order valence-corrected chi connectivity index (χ3v) is 7.42. The van der Waals surface area contributed by atoms with Crippen LogP contribution in [0.15, 0.2) is 40.9 Å². The second-order valence-corrected chi connectivity index (χ2v) is 11.0. The Kier molecular flexibility index (Phi) is 8.71. The van der Waals surface area contributed by atoms with Crippen LogP contribution in [0.3, 0.4) is 0 Å². The highest BCUT2D eigenvalue weighted by molar-refractivity contribution is 6.33. The molecule has 11 heteroatoms. The van der Waals surface area contributed by atoms with Gasteiger partial charge in [-0.1, -0.05) is 35.3 Å². The van der Waals surface area contributed by atoms with Gasteiger partial charge in [-0.25, -0.2) is 4.39 Å². The molecule has 1 heterocycles. The molecule has 0 aliphatic heterocycles. The lowest BCUT2D eigenvalue weighted by molar-refractivity contribution is -0.124. The molecule has 0 radical (unpaired) electrons. The van der Waals surface area contributed by atoms with E-state index in [1.807, 2.05) is 20.8 Å². The van der Waals surface area contributed by atoms with Crippen molar-refractivity contribution < 1.29 is 28.0 Å². The van der Waals surface area contributed by atoms with E-state index < -0.39 is 11.4 Å². The van der Waals surface area contributed by atoms with Crippen molar-refractivity contribution in [3.8, 4) is 22.6 Å². The molecular formula is C28H30Cl2FN3O5. The van der Waals surface area contributed by atoms with Gasteiger partial charge < -0.3 is 24.6 Å². The molecule has 4 rings (SSSR count). The fourth-order valence-electron chi connectivity index (χ4n) is 5.06. The Morgan fingerprint density at radius 3 is 2.33 bits per heavy atom. The van der Waals surface area contributed by atoms with Gasteiger partial charge in [0.1, 0.15) is 23.1 Å². The van der Waals surface area contributed by atoms with E-state index in [1.165, 1.54) is 12.1 Å². The Morgan fingerprint density at radius 1 is 1.05 bits per heavy atom. The lowest BCUT2D eigenvalue weighted by Crippen LogP contribution is -2.47. The average molecular weight is 578 g/mol. The number of rotatable bonds is 9. The average Bonchev–Trinajstić information content (AvgIpc) is 3.35. The Hall–Kier alpha value is -3.30. The molecule has 1 saturated carbocycles. The smallest absolute Gasteiger partial charge is 0.258 e. The minimum Gasteiger partial charge on any atom is -0.484 e.